The molecule has 3 nitrogen and oxygen atoms in total. The molecule has 1 atom stereocenters. The molecule has 0 heterocycles. The minimum Gasteiger partial charge on any atom is -0.383 e. The van der Waals surface area contributed by atoms with Crippen LogP contribution in [0.3, 0.4) is 0 Å². The Morgan fingerprint density at radius 3 is 2.39 bits per heavy atom. The Morgan fingerprint density at radius 2 is 1.89 bits per heavy atom. The van der Waals surface area contributed by atoms with Crippen molar-refractivity contribution in [2.24, 2.45) is 0 Å². The van der Waals surface area contributed by atoms with Gasteiger partial charge in [-0.1, -0.05) is 23.2 Å². The van der Waals surface area contributed by atoms with Crippen LogP contribution in [0.4, 0.5) is 0 Å². The predicted molar refractivity (Wildman–Crippen MR) is 74.9 cm³/mol. The van der Waals surface area contributed by atoms with Crippen molar-refractivity contribution in [3.05, 3.63) is 33.8 Å². The summed E-state index contributed by atoms with van der Waals surface area (Å²) in [5.41, 5.74) is 0.441. The fourth-order valence-electron chi connectivity index (χ4n) is 1.51. The lowest BCUT2D eigenvalue weighted by atomic mass is 10.2. The zero-order chi connectivity index (χ0) is 13.7. The van der Waals surface area contributed by atoms with E-state index in [2.05, 4.69) is 0 Å². The molecule has 1 unspecified atom stereocenters. The molecule has 0 N–H and O–H groups in total. The highest BCUT2D eigenvalue weighted by Gasteiger charge is 2.16. The van der Waals surface area contributed by atoms with Crippen molar-refractivity contribution in [3.63, 3.8) is 0 Å². The van der Waals surface area contributed by atoms with Crippen molar-refractivity contribution < 1.29 is 9.53 Å². The summed E-state index contributed by atoms with van der Waals surface area (Å²) in [5, 5.41) is 0.607. The average Bonchev–Trinajstić information content (AvgIpc) is 2.26. The van der Waals surface area contributed by atoms with Crippen LogP contribution in [-0.2, 0) is 4.74 Å². The number of hydrogen-bond donors (Lipinski definition) is 0. The number of nitrogens with zero attached hydrogens (tertiary/aromatic N) is 1. The summed E-state index contributed by atoms with van der Waals surface area (Å²) in [6.45, 7) is 0.772. The van der Waals surface area contributed by atoms with Crippen molar-refractivity contribution in [1.82, 2.24) is 4.90 Å². The van der Waals surface area contributed by atoms with Crippen LogP contribution < -0.4 is 0 Å². The molecule has 0 bridgehead atoms. The van der Waals surface area contributed by atoms with E-state index in [0.717, 1.165) is 0 Å². The Balaban J connectivity index is 2.74. The fraction of sp³-hybridized carbons (Fsp3) is 0.417. The largest absolute Gasteiger partial charge is 0.383 e. The number of amides is 1. The molecule has 18 heavy (non-hydrogen) atoms. The van der Waals surface area contributed by atoms with Crippen LogP contribution >= 0.6 is 34.8 Å². The summed E-state index contributed by atoms with van der Waals surface area (Å²) in [5.74, 6) is -0.179. The minimum absolute atomic E-state index is 0.179. The smallest absolute Gasteiger partial charge is 0.253 e. The maximum Gasteiger partial charge on any atom is 0.253 e. The van der Waals surface area contributed by atoms with Gasteiger partial charge in [-0.05, 0) is 18.2 Å². The van der Waals surface area contributed by atoms with E-state index in [1.807, 2.05) is 0 Å². The number of halogens is 3. The molecule has 100 valence electrons. The molecule has 0 aliphatic rings. The van der Waals surface area contributed by atoms with Crippen LogP contribution in [0, 0.1) is 0 Å². The normalized spacial score (nSPS) is 12.3. The van der Waals surface area contributed by atoms with Crippen LogP contribution in [0.15, 0.2) is 18.2 Å². The standard InChI is InChI=1S/C12H14Cl3NO2/c1-16(6-11(15)7-18-2)12(17)8-3-9(13)5-10(14)4-8/h3-5,11H,6-7H2,1-2H3. The van der Waals surface area contributed by atoms with Crippen molar-refractivity contribution in [2.75, 3.05) is 27.3 Å². The first-order valence-corrected chi connectivity index (χ1v) is 6.48. The van der Waals surface area contributed by atoms with Gasteiger partial charge in [0.15, 0.2) is 0 Å². The number of carbonyl (C=O) groups is 1. The Hall–Kier alpha value is -0.480. The lowest BCUT2D eigenvalue weighted by Gasteiger charge is -2.20. The number of methoxy groups -OCH3 is 1. The molecule has 1 aromatic rings. The third-order valence-electron chi connectivity index (χ3n) is 2.28. The second-order valence-electron chi connectivity index (χ2n) is 3.90. The third kappa shape index (κ3) is 4.65. The van der Waals surface area contributed by atoms with E-state index in [-0.39, 0.29) is 11.3 Å². The molecular formula is C12H14Cl3NO2. The second-order valence-corrected chi connectivity index (χ2v) is 5.39. The van der Waals surface area contributed by atoms with Gasteiger partial charge in [-0.15, -0.1) is 11.6 Å². The first-order chi connectivity index (χ1) is 8.43. The lowest BCUT2D eigenvalue weighted by molar-refractivity contribution is 0.0781. The summed E-state index contributed by atoms with van der Waals surface area (Å²) >= 11 is 17.7. The van der Waals surface area contributed by atoms with E-state index in [1.165, 1.54) is 4.90 Å². The summed E-state index contributed by atoms with van der Waals surface area (Å²) < 4.78 is 4.92. The highest BCUT2D eigenvalue weighted by atomic mass is 35.5. The van der Waals surface area contributed by atoms with E-state index in [4.69, 9.17) is 39.5 Å². The highest BCUT2D eigenvalue weighted by molar-refractivity contribution is 6.35. The number of ether oxygens (including phenoxy) is 1. The molecule has 0 aromatic heterocycles. The minimum atomic E-state index is -0.251. The number of rotatable bonds is 5. The average molecular weight is 311 g/mol. The third-order valence-corrected chi connectivity index (χ3v) is 2.98. The van der Waals surface area contributed by atoms with E-state index in [0.29, 0.717) is 28.8 Å². The van der Waals surface area contributed by atoms with E-state index >= 15 is 0 Å². The molecule has 0 aliphatic carbocycles. The molecule has 0 aliphatic heterocycles. The monoisotopic (exact) mass is 309 g/mol. The summed E-state index contributed by atoms with van der Waals surface area (Å²) in [4.78, 5) is 13.6. The molecule has 0 radical (unpaired) electrons. The van der Waals surface area contributed by atoms with Gasteiger partial charge in [0.25, 0.3) is 5.91 Å². The predicted octanol–water partition coefficient (Wildman–Crippen LogP) is 3.32. The summed E-state index contributed by atoms with van der Waals surface area (Å²) in [6.07, 6.45) is 0. The molecule has 1 aromatic carbocycles. The molecule has 0 spiro atoms. The molecule has 1 rings (SSSR count). The fourth-order valence-corrected chi connectivity index (χ4v) is 2.37. The molecule has 0 fully saturated rings. The van der Waals surface area contributed by atoms with Gasteiger partial charge in [-0.3, -0.25) is 4.79 Å². The first-order valence-electron chi connectivity index (χ1n) is 5.28. The molecule has 0 saturated heterocycles. The highest BCUT2D eigenvalue weighted by Crippen LogP contribution is 2.20. The van der Waals surface area contributed by atoms with Gasteiger partial charge in [0, 0.05) is 36.3 Å². The number of carbonyl (C=O) groups excluding carboxylic acids is 1. The molecule has 6 heteroatoms. The molecule has 0 saturated carbocycles. The van der Waals surface area contributed by atoms with Gasteiger partial charge in [0.1, 0.15) is 0 Å². The van der Waals surface area contributed by atoms with Gasteiger partial charge < -0.3 is 9.64 Å². The van der Waals surface area contributed by atoms with Crippen LogP contribution in [-0.4, -0.2) is 43.5 Å². The van der Waals surface area contributed by atoms with Crippen LogP contribution in [0.5, 0.6) is 0 Å². The SMILES string of the molecule is COCC(Cl)CN(C)C(=O)c1cc(Cl)cc(Cl)c1. The van der Waals surface area contributed by atoms with Gasteiger partial charge in [-0.2, -0.15) is 0 Å². The quantitative estimate of drug-likeness (QED) is 0.781. The second kappa shape index (κ2) is 7.19. The Kier molecular flexibility index (Phi) is 6.22. The number of alkyl halides is 1. The zero-order valence-corrected chi connectivity index (χ0v) is 12.4. The first kappa shape index (κ1) is 15.6. The van der Waals surface area contributed by atoms with Crippen molar-refractivity contribution >= 4 is 40.7 Å². The molecular weight excluding hydrogens is 296 g/mol. The topological polar surface area (TPSA) is 29.5 Å². The summed E-state index contributed by atoms with van der Waals surface area (Å²) in [6, 6.07) is 4.73. The summed E-state index contributed by atoms with van der Waals surface area (Å²) in [7, 11) is 3.23. The van der Waals surface area contributed by atoms with Crippen LogP contribution in [0.2, 0.25) is 10.0 Å². The van der Waals surface area contributed by atoms with Gasteiger partial charge in [-0.25, -0.2) is 0 Å². The molecule has 1 amide bonds. The van der Waals surface area contributed by atoms with Gasteiger partial charge in [0.2, 0.25) is 0 Å². The number of benzene rings is 1. The Labute approximate surface area is 122 Å². The Morgan fingerprint density at radius 1 is 1.33 bits per heavy atom. The Bertz CT molecular complexity index is 406. The van der Waals surface area contributed by atoms with Crippen LogP contribution in [0.1, 0.15) is 10.4 Å². The lowest BCUT2D eigenvalue weighted by Crippen LogP contribution is -2.33. The van der Waals surface area contributed by atoms with Gasteiger partial charge >= 0.3 is 0 Å². The van der Waals surface area contributed by atoms with E-state index in [9.17, 15) is 4.79 Å². The van der Waals surface area contributed by atoms with Crippen molar-refractivity contribution in [2.45, 2.75) is 5.38 Å². The maximum atomic E-state index is 12.1. The van der Waals surface area contributed by atoms with Crippen LogP contribution in [0.25, 0.3) is 0 Å². The van der Waals surface area contributed by atoms with Crippen molar-refractivity contribution in [3.8, 4) is 0 Å². The van der Waals surface area contributed by atoms with E-state index < -0.39 is 0 Å². The number of hydrogen-bond acceptors (Lipinski definition) is 2. The zero-order valence-electron chi connectivity index (χ0n) is 10.1. The van der Waals surface area contributed by atoms with Crippen molar-refractivity contribution in [1.29, 1.82) is 0 Å². The maximum absolute atomic E-state index is 12.1. The van der Waals surface area contributed by atoms with E-state index in [1.54, 1.807) is 32.4 Å². The van der Waals surface area contributed by atoms with Gasteiger partial charge in [0.05, 0.1) is 12.0 Å².